The summed E-state index contributed by atoms with van der Waals surface area (Å²) in [6.45, 7) is 6.26. The van der Waals surface area contributed by atoms with Crippen LogP contribution in [0.3, 0.4) is 0 Å². The zero-order chi connectivity index (χ0) is 12.0. The SMILES string of the molecule is CNCC(C)(C)CCOc1ccc(Br)cc1. The molecule has 0 saturated heterocycles. The summed E-state index contributed by atoms with van der Waals surface area (Å²) in [5, 5.41) is 3.20. The van der Waals surface area contributed by atoms with Crippen LogP contribution in [0.1, 0.15) is 20.3 Å². The maximum Gasteiger partial charge on any atom is 0.119 e. The first kappa shape index (κ1) is 13.5. The number of ether oxygens (including phenoxy) is 1. The largest absolute Gasteiger partial charge is 0.494 e. The van der Waals surface area contributed by atoms with Crippen LogP contribution in [0.4, 0.5) is 0 Å². The van der Waals surface area contributed by atoms with Gasteiger partial charge in [-0.3, -0.25) is 0 Å². The predicted molar refractivity (Wildman–Crippen MR) is 72.0 cm³/mol. The molecule has 0 bridgehead atoms. The van der Waals surface area contributed by atoms with Crippen molar-refractivity contribution < 1.29 is 4.74 Å². The molecular formula is C13H20BrNO. The minimum Gasteiger partial charge on any atom is -0.494 e. The third kappa shape index (κ3) is 4.99. The molecule has 0 spiro atoms. The highest BCUT2D eigenvalue weighted by molar-refractivity contribution is 9.10. The fourth-order valence-corrected chi connectivity index (χ4v) is 1.81. The highest BCUT2D eigenvalue weighted by atomic mass is 79.9. The van der Waals surface area contributed by atoms with Crippen LogP contribution in [0.2, 0.25) is 0 Å². The Kier molecular flexibility index (Phi) is 5.29. The van der Waals surface area contributed by atoms with Crippen molar-refractivity contribution in [3.8, 4) is 5.75 Å². The van der Waals surface area contributed by atoms with E-state index in [9.17, 15) is 0 Å². The normalized spacial score (nSPS) is 11.5. The Balaban J connectivity index is 2.32. The van der Waals surface area contributed by atoms with Gasteiger partial charge in [0, 0.05) is 11.0 Å². The monoisotopic (exact) mass is 285 g/mol. The predicted octanol–water partition coefficient (Wildman–Crippen LogP) is 3.46. The highest BCUT2D eigenvalue weighted by Crippen LogP contribution is 2.21. The van der Waals surface area contributed by atoms with Gasteiger partial charge in [0.2, 0.25) is 0 Å². The Morgan fingerprint density at radius 1 is 1.25 bits per heavy atom. The van der Waals surface area contributed by atoms with Crippen molar-refractivity contribution in [2.75, 3.05) is 20.2 Å². The molecule has 90 valence electrons. The number of hydrogen-bond donors (Lipinski definition) is 1. The molecular weight excluding hydrogens is 266 g/mol. The lowest BCUT2D eigenvalue weighted by atomic mass is 9.90. The van der Waals surface area contributed by atoms with Crippen LogP contribution >= 0.6 is 15.9 Å². The van der Waals surface area contributed by atoms with Crippen molar-refractivity contribution in [2.45, 2.75) is 20.3 Å². The van der Waals surface area contributed by atoms with Crippen LogP contribution in [0.5, 0.6) is 5.75 Å². The fourth-order valence-electron chi connectivity index (χ4n) is 1.54. The van der Waals surface area contributed by atoms with Gasteiger partial charge in [-0.15, -0.1) is 0 Å². The molecule has 0 aliphatic carbocycles. The molecule has 1 aromatic carbocycles. The van der Waals surface area contributed by atoms with E-state index in [0.717, 1.165) is 29.8 Å². The van der Waals surface area contributed by atoms with Gasteiger partial charge in [0.05, 0.1) is 6.61 Å². The number of hydrogen-bond acceptors (Lipinski definition) is 2. The summed E-state index contributed by atoms with van der Waals surface area (Å²) in [4.78, 5) is 0. The van der Waals surface area contributed by atoms with E-state index in [2.05, 4.69) is 35.1 Å². The second kappa shape index (κ2) is 6.26. The van der Waals surface area contributed by atoms with Gasteiger partial charge in [-0.2, -0.15) is 0 Å². The Hall–Kier alpha value is -0.540. The Bertz CT molecular complexity index is 308. The van der Waals surface area contributed by atoms with Crippen LogP contribution < -0.4 is 10.1 Å². The summed E-state index contributed by atoms with van der Waals surface area (Å²) in [6, 6.07) is 7.95. The summed E-state index contributed by atoms with van der Waals surface area (Å²) in [6.07, 6.45) is 1.05. The second-order valence-corrected chi connectivity index (χ2v) is 5.66. The van der Waals surface area contributed by atoms with Crippen LogP contribution in [0.15, 0.2) is 28.7 Å². The molecule has 0 heterocycles. The smallest absolute Gasteiger partial charge is 0.119 e. The highest BCUT2D eigenvalue weighted by Gasteiger charge is 2.16. The minimum absolute atomic E-state index is 0.282. The van der Waals surface area contributed by atoms with Gasteiger partial charge in [-0.05, 0) is 43.1 Å². The number of rotatable bonds is 6. The van der Waals surface area contributed by atoms with Gasteiger partial charge in [0.15, 0.2) is 0 Å². The molecule has 0 amide bonds. The van der Waals surface area contributed by atoms with E-state index in [4.69, 9.17) is 4.74 Å². The Labute approximate surface area is 107 Å². The van der Waals surface area contributed by atoms with E-state index in [1.165, 1.54) is 0 Å². The van der Waals surface area contributed by atoms with Gasteiger partial charge in [-0.1, -0.05) is 29.8 Å². The number of halogens is 1. The third-order valence-electron chi connectivity index (χ3n) is 2.52. The van der Waals surface area contributed by atoms with Gasteiger partial charge in [0.1, 0.15) is 5.75 Å². The molecule has 16 heavy (non-hydrogen) atoms. The minimum atomic E-state index is 0.282. The standard InChI is InChI=1S/C13H20BrNO/c1-13(2,10-15-3)8-9-16-12-6-4-11(14)5-7-12/h4-7,15H,8-10H2,1-3H3. The van der Waals surface area contributed by atoms with Crippen LogP contribution in [0, 0.1) is 5.41 Å². The van der Waals surface area contributed by atoms with Gasteiger partial charge in [-0.25, -0.2) is 0 Å². The number of benzene rings is 1. The topological polar surface area (TPSA) is 21.3 Å². The molecule has 2 nitrogen and oxygen atoms in total. The summed E-state index contributed by atoms with van der Waals surface area (Å²) in [7, 11) is 1.98. The van der Waals surface area contributed by atoms with Crippen molar-refractivity contribution in [1.29, 1.82) is 0 Å². The lowest BCUT2D eigenvalue weighted by Crippen LogP contribution is -2.28. The van der Waals surface area contributed by atoms with Crippen LogP contribution in [-0.2, 0) is 0 Å². The van der Waals surface area contributed by atoms with E-state index in [-0.39, 0.29) is 5.41 Å². The first-order valence-electron chi connectivity index (χ1n) is 5.56. The summed E-state index contributed by atoms with van der Waals surface area (Å²) in [5.41, 5.74) is 0.282. The van der Waals surface area contributed by atoms with E-state index in [0.29, 0.717) is 0 Å². The van der Waals surface area contributed by atoms with E-state index in [1.807, 2.05) is 31.3 Å². The summed E-state index contributed by atoms with van der Waals surface area (Å²) in [5.74, 6) is 0.934. The van der Waals surface area contributed by atoms with E-state index in [1.54, 1.807) is 0 Å². The second-order valence-electron chi connectivity index (χ2n) is 4.75. The zero-order valence-corrected chi connectivity index (χ0v) is 11.8. The first-order valence-corrected chi connectivity index (χ1v) is 6.36. The maximum absolute atomic E-state index is 5.69. The van der Waals surface area contributed by atoms with Gasteiger partial charge < -0.3 is 10.1 Å². The van der Waals surface area contributed by atoms with Crippen molar-refractivity contribution in [1.82, 2.24) is 5.32 Å². The Morgan fingerprint density at radius 3 is 2.44 bits per heavy atom. The van der Waals surface area contributed by atoms with Crippen LogP contribution in [-0.4, -0.2) is 20.2 Å². The molecule has 0 aliphatic heterocycles. The lowest BCUT2D eigenvalue weighted by molar-refractivity contribution is 0.225. The van der Waals surface area contributed by atoms with E-state index >= 15 is 0 Å². The molecule has 1 rings (SSSR count). The van der Waals surface area contributed by atoms with Crippen molar-refractivity contribution >= 4 is 15.9 Å². The number of nitrogens with one attached hydrogen (secondary N) is 1. The Morgan fingerprint density at radius 2 is 1.88 bits per heavy atom. The molecule has 1 N–H and O–H groups in total. The zero-order valence-electron chi connectivity index (χ0n) is 10.2. The molecule has 1 aromatic rings. The van der Waals surface area contributed by atoms with Gasteiger partial charge in [0.25, 0.3) is 0 Å². The van der Waals surface area contributed by atoms with Crippen LogP contribution in [0.25, 0.3) is 0 Å². The first-order chi connectivity index (χ1) is 7.53. The molecule has 0 aromatic heterocycles. The van der Waals surface area contributed by atoms with Crippen molar-refractivity contribution in [3.63, 3.8) is 0 Å². The molecule has 0 radical (unpaired) electrons. The van der Waals surface area contributed by atoms with Gasteiger partial charge >= 0.3 is 0 Å². The molecule has 3 heteroatoms. The maximum atomic E-state index is 5.69. The fraction of sp³-hybridized carbons (Fsp3) is 0.538. The lowest BCUT2D eigenvalue weighted by Gasteiger charge is -2.24. The van der Waals surface area contributed by atoms with Crippen molar-refractivity contribution in [3.05, 3.63) is 28.7 Å². The average Bonchev–Trinajstić information content (AvgIpc) is 2.20. The molecule has 0 saturated carbocycles. The summed E-state index contributed by atoms with van der Waals surface area (Å²) >= 11 is 3.40. The third-order valence-corrected chi connectivity index (χ3v) is 3.05. The molecule has 0 fully saturated rings. The van der Waals surface area contributed by atoms with Crippen molar-refractivity contribution in [2.24, 2.45) is 5.41 Å². The molecule has 0 aliphatic rings. The average molecular weight is 286 g/mol. The van der Waals surface area contributed by atoms with E-state index < -0.39 is 0 Å². The summed E-state index contributed by atoms with van der Waals surface area (Å²) < 4.78 is 6.77. The molecule has 0 unspecified atom stereocenters. The molecule has 0 atom stereocenters. The quantitative estimate of drug-likeness (QED) is 0.864.